The Morgan fingerprint density at radius 1 is 0.269 bits per heavy atom. The molecule has 22 aliphatic carbocycles. The van der Waals surface area contributed by atoms with Crippen LogP contribution in [0.5, 0.6) is 0 Å². The SMILES string of the molecule is C=C(C)C(=O)OC(C)(C)C12CC3CC(CC1C3)C2.C=C(C)C(=O)OC1(C)CC2CC1C1CCCC21.C=C(C)C(=O)OC1(C)CCC2CCCCC2C1.C=C(C)C(=O)OC1(C)CCCC2CCCCC21.C=CC(=O)OC(C)(C)C12CC3CC(CC1C3)C2.C=CC(=O)OC1(C)CC2CC1C1CCCC21.C=CC(=O)OC1(C)CCC2CCCCC2C1.C=CC(=O)OC1(C)CCCC2CCCCC21. The zero-order chi connectivity index (χ0) is 97.1. The summed E-state index contributed by atoms with van der Waals surface area (Å²) in [5.74, 6) is 15.8. The molecule has 748 valence electrons. The number of ether oxygens (including phenoxy) is 8. The zero-order valence-corrected chi connectivity index (χ0v) is 86.1. The summed E-state index contributed by atoms with van der Waals surface area (Å²) in [7, 11) is 0. The maximum atomic E-state index is 11.9. The molecule has 22 fully saturated rings. The number of hydrogen-bond donors (Lipinski definition) is 0. The molecule has 16 nitrogen and oxygen atoms in total. The molecule has 0 aromatic heterocycles. The quantitative estimate of drug-likeness (QED) is 0.0709. The highest BCUT2D eigenvalue weighted by molar-refractivity contribution is 5.89. The van der Waals surface area contributed by atoms with Crippen molar-refractivity contribution in [3.05, 3.63) is 99.2 Å². The van der Waals surface area contributed by atoms with Gasteiger partial charge in [0.1, 0.15) is 44.8 Å². The van der Waals surface area contributed by atoms with E-state index in [1.54, 1.807) is 27.7 Å². The average Bonchev–Trinajstić information content (AvgIpc) is 1.57. The molecule has 22 rings (SSSR count). The fraction of sp³-hybridized carbons (Fsp3) is 0.797. The summed E-state index contributed by atoms with van der Waals surface area (Å²) in [5, 5.41) is 0. The van der Waals surface area contributed by atoms with Gasteiger partial charge in [-0.1, -0.05) is 155 Å². The van der Waals surface area contributed by atoms with E-state index < -0.39 is 0 Å². The van der Waals surface area contributed by atoms with Gasteiger partial charge in [0.05, 0.1) is 0 Å². The highest BCUT2D eigenvalue weighted by Gasteiger charge is 2.68. The van der Waals surface area contributed by atoms with Gasteiger partial charge in [-0.15, -0.1) is 0 Å². The molecule has 22 saturated carbocycles. The van der Waals surface area contributed by atoms with Crippen LogP contribution in [-0.2, 0) is 76.3 Å². The second-order valence-corrected chi connectivity index (χ2v) is 50.1. The first-order valence-electron chi connectivity index (χ1n) is 54.2. The van der Waals surface area contributed by atoms with Gasteiger partial charge < -0.3 is 37.9 Å². The van der Waals surface area contributed by atoms with Crippen molar-refractivity contribution in [2.75, 3.05) is 0 Å². The average molecular weight is 1850 g/mol. The van der Waals surface area contributed by atoms with Crippen LogP contribution in [-0.4, -0.2) is 92.6 Å². The summed E-state index contributed by atoms with van der Waals surface area (Å²) < 4.78 is 45.5. The Labute approximate surface area is 809 Å². The van der Waals surface area contributed by atoms with Gasteiger partial charge in [-0.3, -0.25) is 0 Å². The van der Waals surface area contributed by atoms with Crippen LogP contribution in [0.15, 0.2) is 99.2 Å². The Balaban J connectivity index is 0.000000130. The predicted octanol–water partition coefficient (Wildman–Crippen LogP) is 27.9. The van der Waals surface area contributed by atoms with E-state index in [2.05, 4.69) is 122 Å². The highest BCUT2D eigenvalue weighted by atomic mass is 16.6. The summed E-state index contributed by atoms with van der Waals surface area (Å²) in [6.07, 6.45) is 66.6. The third kappa shape index (κ3) is 23.3. The van der Waals surface area contributed by atoms with E-state index in [4.69, 9.17) is 37.9 Å². The predicted molar refractivity (Wildman–Crippen MR) is 531 cm³/mol. The molecule has 0 aromatic rings. The Kier molecular flexibility index (Phi) is 33.7. The topological polar surface area (TPSA) is 210 Å². The van der Waals surface area contributed by atoms with Crippen LogP contribution in [0, 0.1) is 141 Å². The minimum atomic E-state index is -0.336. The standard InChI is InChI=1S/C16H24O2.2C15H22O2.2C15H24O2.C14H20O2.2C14H22O2/c1-10(2)14(17)18-15(3,4)16-8-11-5-12(9-16)7-13(16)6-11;1-9(2)14(16)17-15(3)8-10-7-13(15)12-6-4-5-11(10)12;1-4-13(16)17-14(2,3)15-8-10-5-11(9-15)7-12(15)6-10;1-11(2)14(16)17-15(3)10-6-8-12-7-4-5-9-13(12)15;1-11(2)14(16)17-15(3)9-8-12-6-4-5-7-13(12)10-15;1-3-13(15)16-14(2)8-9-7-12(14)11-6-4-5-10(9)11;1-3-13(15)16-14(2)10-6-8-11-7-4-5-9-12(11)14;1-3-13(15)16-14(2)9-8-11-6-4-5-7-12(11)10-14/h11-13H,1,5-9H2,2-4H3;10-13H,1,4-8H2,2-3H3;4,10-12H,1,5-9H2,2-3H3;2*12-13H,1,4-10H2,2-3H3;3,9-12H,1,4-8H2,2H3;2*3,11-12H,1,4-10H2,2H3. The molecule has 22 aliphatic rings. The Bertz CT molecular complexity index is 4250. The van der Waals surface area contributed by atoms with Crippen molar-refractivity contribution >= 4 is 47.8 Å². The molecule has 26 atom stereocenters. The normalized spacial score (nSPS) is 41.4. The molecule has 0 heterocycles. The molecule has 12 bridgehead atoms. The van der Waals surface area contributed by atoms with E-state index in [0.717, 1.165) is 158 Å². The fourth-order valence-corrected chi connectivity index (χ4v) is 34.2. The van der Waals surface area contributed by atoms with Gasteiger partial charge in [0.25, 0.3) is 0 Å². The Hall–Kier alpha value is -6.32. The number of carbonyl (C=O) groups is 8. The van der Waals surface area contributed by atoms with E-state index in [9.17, 15) is 38.4 Å². The first kappa shape index (κ1) is 105. The number of fused-ring (bicyclic) bond motifs is 14. The second kappa shape index (κ2) is 43.0. The maximum Gasteiger partial charge on any atom is 0.333 e. The molecule has 0 spiro atoms. The number of carbonyl (C=O) groups excluding carboxylic acids is 8. The highest BCUT2D eigenvalue weighted by Crippen LogP contribution is 2.72. The molecule has 0 amide bonds. The lowest BCUT2D eigenvalue weighted by Crippen LogP contribution is -2.48. The maximum absolute atomic E-state index is 11.9. The van der Waals surface area contributed by atoms with Gasteiger partial charge in [0.15, 0.2) is 0 Å². The number of rotatable bonds is 18. The molecular weight excluding hydrogens is 1670 g/mol. The van der Waals surface area contributed by atoms with Crippen LogP contribution < -0.4 is 0 Å². The van der Waals surface area contributed by atoms with Crippen LogP contribution in [0.1, 0.15) is 405 Å². The van der Waals surface area contributed by atoms with Crippen LogP contribution in [0.3, 0.4) is 0 Å². The van der Waals surface area contributed by atoms with E-state index >= 15 is 0 Å². The number of esters is 8. The van der Waals surface area contributed by atoms with Crippen LogP contribution in [0.25, 0.3) is 0 Å². The smallest absolute Gasteiger partial charge is 0.333 e. The summed E-state index contributed by atoms with van der Waals surface area (Å²) in [6, 6.07) is 0. The monoisotopic (exact) mass is 1850 g/mol. The van der Waals surface area contributed by atoms with Gasteiger partial charge in [0.2, 0.25) is 0 Å². The minimum Gasteiger partial charge on any atom is -0.456 e. The molecule has 26 unspecified atom stereocenters. The molecule has 0 radical (unpaired) electrons. The lowest BCUT2D eigenvalue weighted by molar-refractivity contribution is -0.170. The summed E-state index contributed by atoms with van der Waals surface area (Å²) in [4.78, 5) is 92.7. The van der Waals surface area contributed by atoms with Gasteiger partial charge >= 0.3 is 47.8 Å². The molecule has 0 N–H and O–H groups in total. The lowest BCUT2D eigenvalue weighted by Gasteiger charge is -2.47. The summed E-state index contributed by atoms with van der Waals surface area (Å²) in [5.41, 5.74) is 0.588. The van der Waals surface area contributed by atoms with Crippen molar-refractivity contribution in [2.45, 2.75) is 450 Å². The van der Waals surface area contributed by atoms with Gasteiger partial charge in [0, 0.05) is 81.1 Å². The fourth-order valence-electron chi connectivity index (χ4n) is 34.2. The van der Waals surface area contributed by atoms with Crippen LogP contribution in [0.2, 0.25) is 0 Å². The van der Waals surface area contributed by atoms with Crippen molar-refractivity contribution in [3.8, 4) is 0 Å². The third-order valence-electron chi connectivity index (χ3n) is 40.2. The molecule has 134 heavy (non-hydrogen) atoms. The van der Waals surface area contributed by atoms with Crippen LogP contribution in [0.4, 0.5) is 0 Å². The Morgan fingerprint density at radius 3 is 0.978 bits per heavy atom. The van der Waals surface area contributed by atoms with Crippen molar-refractivity contribution in [3.63, 3.8) is 0 Å². The number of hydrogen-bond acceptors (Lipinski definition) is 16. The largest absolute Gasteiger partial charge is 0.456 e. The van der Waals surface area contributed by atoms with Gasteiger partial charge in [-0.25, -0.2) is 38.4 Å². The van der Waals surface area contributed by atoms with Gasteiger partial charge in [-0.05, 0) is 409 Å². The van der Waals surface area contributed by atoms with Crippen LogP contribution >= 0.6 is 0 Å². The summed E-state index contributed by atoms with van der Waals surface area (Å²) in [6.45, 7) is 56.8. The summed E-state index contributed by atoms with van der Waals surface area (Å²) >= 11 is 0. The van der Waals surface area contributed by atoms with Crippen molar-refractivity contribution in [1.29, 1.82) is 0 Å². The zero-order valence-electron chi connectivity index (χ0n) is 86.1. The van der Waals surface area contributed by atoms with Crippen molar-refractivity contribution in [2.24, 2.45) is 141 Å². The second-order valence-electron chi connectivity index (χ2n) is 50.1. The van der Waals surface area contributed by atoms with E-state index in [1.807, 2.05) is 0 Å². The Morgan fingerprint density at radius 2 is 0.582 bits per heavy atom. The first-order chi connectivity index (χ1) is 63.3. The molecular formula is C118H180O16. The molecule has 0 aliphatic heterocycles. The first-order valence-corrected chi connectivity index (χ1v) is 54.2. The molecule has 0 saturated heterocycles. The minimum absolute atomic E-state index is 0.193. The molecule has 0 aromatic carbocycles. The van der Waals surface area contributed by atoms with E-state index in [1.165, 1.54) is 281 Å². The van der Waals surface area contributed by atoms with E-state index in [-0.39, 0.29) is 103 Å². The van der Waals surface area contributed by atoms with E-state index in [0.29, 0.717) is 46.0 Å². The lowest BCUT2D eigenvalue weighted by atomic mass is 9.63. The third-order valence-corrected chi connectivity index (χ3v) is 40.2. The van der Waals surface area contributed by atoms with Crippen molar-refractivity contribution < 1.29 is 76.3 Å². The molecule has 16 heteroatoms. The van der Waals surface area contributed by atoms with Gasteiger partial charge in [-0.2, -0.15) is 0 Å². The van der Waals surface area contributed by atoms with Crippen molar-refractivity contribution in [1.82, 2.24) is 0 Å².